The first-order valence-corrected chi connectivity index (χ1v) is 5.23. The Hall–Kier alpha value is -0.260. The van der Waals surface area contributed by atoms with Crippen molar-refractivity contribution >= 4 is 27.5 Å². The average Bonchev–Trinajstić information content (AvgIpc) is 2.15. The molecule has 0 radical (unpaired) electrons. The molecule has 14 heavy (non-hydrogen) atoms. The van der Waals surface area contributed by atoms with E-state index in [-0.39, 0.29) is 28.3 Å². The average molecular weight is 287 g/mol. The van der Waals surface area contributed by atoms with Crippen molar-refractivity contribution in [1.82, 2.24) is 4.98 Å². The third-order valence-electron chi connectivity index (χ3n) is 1.67. The number of pyridine rings is 1. The highest BCUT2D eigenvalue weighted by atomic mass is 79.9. The Morgan fingerprint density at radius 2 is 2.21 bits per heavy atom. The summed E-state index contributed by atoms with van der Waals surface area (Å²) < 4.78 is 25.0. The van der Waals surface area contributed by atoms with Crippen LogP contribution in [0.25, 0.3) is 0 Å². The quantitative estimate of drug-likeness (QED) is 0.684. The van der Waals surface area contributed by atoms with Gasteiger partial charge in [0, 0.05) is 5.33 Å². The van der Waals surface area contributed by atoms with Gasteiger partial charge in [0.05, 0.1) is 17.9 Å². The second-order valence-electron chi connectivity index (χ2n) is 2.57. The van der Waals surface area contributed by atoms with Crippen molar-refractivity contribution in [2.75, 3.05) is 0 Å². The molecule has 1 heterocycles. The van der Waals surface area contributed by atoms with Gasteiger partial charge in [0.1, 0.15) is 5.15 Å². The molecule has 0 fully saturated rings. The topological polar surface area (TPSA) is 33.1 Å². The van der Waals surface area contributed by atoms with Crippen molar-refractivity contribution < 1.29 is 13.9 Å². The van der Waals surface area contributed by atoms with Gasteiger partial charge >= 0.3 is 0 Å². The summed E-state index contributed by atoms with van der Waals surface area (Å²) in [6.07, 6.45) is -2.66. The molecule has 0 aromatic carbocycles. The molecule has 0 aliphatic rings. The van der Waals surface area contributed by atoms with E-state index in [2.05, 4.69) is 20.9 Å². The van der Waals surface area contributed by atoms with E-state index in [1.165, 1.54) is 6.07 Å². The maximum absolute atomic E-state index is 12.5. The van der Waals surface area contributed by atoms with Crippen molar-refractivity contribution in [3.63, 3.8) is 0 Å². The summed E-state index contributed by atoms with van der Waals surface area (Å²) in [5.74, 6) is 0. The molecule has 0 atom stereocenters. The van der Waals surface area contributed by atoms with E-state index >= 15 is 0 Å². The summed E-state index contributed by atoms with van der Waals surface area (Å²) in [4.78, 5) is 3.64. The molecule has 0 saturated carbocycles. The maximum Gasteiger partial charge on any atom is 0.267 e. The number of halogens is 4. The summed E-state index contributed by atoms with van der Waals surface area (Å²) in [7, 11) is 0. The fourth-order valence-electron chi connectivity index (χ4n) is 1.05. The largest absolute Gasteiger partial charge is 0.390 e. The number of hydrogen-bond donors (Lipinski definition) is 1. The molecule has 1 rings (SSSR count). The SMILES string of the molecule is OCc1cc(CBr)c(C(F)F)c(Cl)n1. The van der Waals surface area contributed by atoms with E-state index in [1.807, 2.05) is 0 Å². The Morgan fingerprint density at radius 1 is 1.57 bits per heavy atom. The monoisotopic (exact) mass is 285 g/mol. The smallest absolute Gasteiger partial charge is 0.267 e. The highest BCUT2D eigenvalue weighted by molar-refractivity contribution is 9.08. The molecule has 0 aliphatic heterocycles. The third-order valence-corrected chi connectivity index (χ3v) is 2.57. The highest BCUT2D eigenvalue weighted by Gasteiger charge is 2.18. The molecule has 1 N–H and O–H groups in total. The van der Waals surface area contributed by atoms with Gasteiger partial charge in [0.25, 0.3) is 6.43 Å². The fourth-order valence-corrected chi connectivity index (χ4v) is 1.83. The first-order valence-electron chi connectivity index (χ1n) is 3.73. The van der Waals surface area contributed by atoms with Crippen LogP contribution < -0.4 is 0 Å². The first-order chi connectivity index (χ1) is 6.60. The normalized spacial score (nSPS) is 11.0. The summed E-state index contributed by atoms with van der Waals surface area (Å²) in [6.45, 7) is -0.316. The van der Waals surface area contributed by atoms with Crippen LogP contribution in [0.5, 0.6) is 0 Å². The number of rotatable bonds is 3. The zero-order valence-corrected chi connectivity index (χ0v) is 9.32. The minimum absolute atomic E-state index is 0.249. The van der Waals surface area contributed by atoms with Gasteiger partial charge in [-0.25, -0.2) is 13.8 Å². The fraction of sp³-hybridized carbons (Fsp3) is 0.375. The highest BCUT2D eigenvalue weighted by Crippen LogP contribution is 2.30. The lowest BCUT2D eigenvalue weighted by Crippen LogP contribution is -2.00. The Kier molecular flexibility index (Phi) is 4.22. The predicted octanol–water partition coefficient (Wildman–Crippen LogP) is 3.06. The van der Waals surface area contributed by atoms with Gasteiger partial charge in [0.15, 0.2) is 0 Å². The van der Waals surface area contributed by atoms with Crippen molar-refractivity contribution in [2.45, 2.75) is 18.4 Å². The molecule has 1 aromatic heterocycles. The van der Waals surface area contributed by atoms with Crippen LogP contribution in [-0.4, -0.2) is 10.1 Å². The van der Waals surface area contributed by atoms with Gasteiger partial charge in [-0.15, -0.1) is 0 Å². The molecule has 0 aliphatic carbocycles. The van der Waals surface area contributed by atoms with E-state index in [1.54, 1.807) is 0 Å². The van der Waals surface area contributed by atoms with Crippen LogP contribution in [-0.2, 0) is 11.9 Å². The molecule has 2 nitrogen and oxygen atoms in total. The van der Waals surface area contributed by atoms with Crippen LogP contribution in [0, 0.1) is 0 Å². The van der Waals surface area contributed by atoms with Crippen molar-refractivity contribution in [3.05, 3.63) is 28.0 Å². The molecule has 1 aromatic rings. The number of aliphatic hydroxyl groups is 1. The predicted molar refractivity (Wildman–Crippen MR) is 52.8 cm³/mol. The summed E-state index contributed by atoms with van der Waals surface area (Å²) in [5, 5.41) is 8.79. The lowest BCUT2D eigenvalue weighted by molar-refractivity contribution is 0.150. The number of aromatic nitrogens is 1. The Bertz CT molecular complexity index is 335. The van der Waals surface area contributed by atoms with Gasteiger partial charge in [-0.05, 0) is 11.6 Å². The maximum atomic E-state index is 12.5. The van der Waals surface area contributed by atoms with Crippen LogP contribution in [0.1, 0.15) is 23.2 Å². The van der Waals surface area contributed by atoms with E-state index in [0.29, 0.717) is 5.56 Å². The van der Waals surface area contributed by atoms with Crippen molar-refractivity contribution in [3.8, 4) is 0 Å². The Labute approximate surface area is 93.0 Å². The molecular formula is C8H7BrClF2NO. The lowest BCUT2D eigenvalue weighted by atomic mass is 10.1. The van der Waals surface area contributed by atoms with Gasteiger partial charge in [-0.3, -0.25) is 0 Å². The molecule has 6 heteroatoms. The summed E-state index contributed by atoms with van der Waals surface area (Å²) in [6, 6.07) is 1.40. The Morgan fingerprint density at radius 3 is 2.64 bits per heavy atom. The molecule has 78 valence electrons. The zero-order chi connectivity index (χ0) is 10.7. The van der Waals surface area contributed by atoms with Gasteiger partial charge in [0.2, 0.25) is 0 Å². The standard InChI is InChI=1S/C8H7BrClF2NO/c9-2-4-1-5(3-14)13-7(10)6(4)8(11)12/h1,8,14H,2-3H2. The van der Waals surface area contributed by atoms with E-state index < -0.39 is 6.43 Å². The first kappa shape index (κ1) is 11.8. The molecule has 0 amide bonds. The van der Waals surface area contributed by atoms with E-state index in [0.717, 1.165) is 0 Å². The molecular weight excluding hydrogens is 279 g/mol. The molecule has 0 bridgehead atoms. The lowest BCUT2D eigenvalue weighted by Gasteiger charge is -2.09. The van der Waals surface area contributed by atoms with Crippen molar-refractivity contribution in [1.29, 1.82) is 0 Å². The summed E-state index contributed by atoms with van der Waals surface area (Å²) in [5.41, 5.74) is 0.360. The van der Waals surface area contributed by atoms with Gasteiger partial charge < -0.3 is 5.11 Å². The van der Waals surface area contributed by atoms with Gasteiger partial charge in [-0.1, -0.05) is 27.5 Å². The Balaban J connectivity index is 3.27. The van der Waals surface area contributed by atoms with Crippen LogP contribution >= 0.6 is 27.5 Å². The zero-order valence-electron chi connectivity index (χ0n) is 6.98. The summed E-state index contributed by atoms with van der Waals surface area (Å²) >= 11 is 8.64. The third kappa shape index (κ3) is 2.40. The number of alkyl halides is 3. The van der Waals surface area contributed by atoms with Crippen LogP contribution in [0.3, 0.4) is 0 Å². The molecule has 0 spiro atoms. The number of aliphatic hydroxyl groups excluding tert-OH is 1. The molecule has 0 unspecified atom stereocenters. The number of nitrogens with zero attached hydrogens (tertiary/aromatic N) is 1. The van der Waals surface area contributed by atoms with E-state index in [9.17, 15) is 8.78 Å². The van der Waals surface area contributed by atoms with Crippen LogP contribution in [0.15, 0.2) is 6.07 Å². The van der Waals surface area contributed by atoms with Crippen LogP contribution in [0.2, 0.25) is 5.15 Å². The second-order valence-corrected chi connectivity index (χ2v) is 3.49. The van der Waals surface area contributed by atoms with Crippen molar-refractivity contribution in [2.24, 2.45) is 0 Å². The minimum Gasteiger partial charge on any atom is -0.390 e. The van der Waals surface area contributed by atoms with E-state index in [4.69, 9.17) is 16.7 Å². The van der Waals surface area contributed by atoms with Gasteiger partial charge in [-0.2, -0.15) is 0 Å². The minimum atomic E-state index is -2.66. The second kappa shape index (κ2) is 5.00. The van der Waals surface area contributed by atoms with Crippen LogP contribution in [0.4, 0.5) is 8.78 Å². The molecule has 0 saturated heterocycles. The number of hydrogen-bond acceptors (Lipinski definition) is 2.